The number of nitrogens with zero attached hydrogens (tertiary/aromatic N) is 2. The number of hydrogen-bond donors (Lipinski definition) is 4. The molecule has 20 heteroatoms. The van der Waals surface area contributed by atoms with E-state index >= 15 is 0 Å². The summed E-state index contributed by atoms with van der Waals surface area (Å²) in [4.78, 5) is 31.6. The summed E-state index contributed by atoms with van der Waals surface area (Å²) in [7, 11) is -7.54. The SMILES string of the molecule is O=C(/C=C/c1ccccc1C(F)(F)F)Nc1ccc(S(=O)(=O)Nc2nccs2)cc1.O=C(/C=C/c1ccoc1)Nc1ccc(S(=O)(=O)Nc2nccs2)cc1. The Labute approximate surface area is 320 Å². The fourth-order valence-electron chi connectivity index (χ4n) is 4.31. The van der Waals surface area contributed by atoms with Gasteiger partial charge in [0, 0.05) is 52.2 Å². The van der Waals surface area contributed by atoms with Gasteiger partial charge < -0.3 is 15.1 Å². The third-order valence-corrected chi connectivity index (χ3v) is 11.2. The summed E-state index contributed by atoms with van der Waals surface area (Å²) in [6, 6.07) is 17.7. The minimum atomic E-state index is -4.54. The molecule has 0 radical (unpaired) electrons. The Kier molecular flexibility index (Phi) is 13.0. The third kappa shape index (κ3) is 12.0. The number of furan rings is 1. The predicted molar refractivity (Wildman–Crippen MR) is 204 cm³/mol. The van der Waals surface area contributed by atoms with Crippen LogP contribution < -0.4 is 20.1 Å². The van der Waals surface area contributed by atoms with E-state index in [9.17, 15) is 39.6 Å². The molecule has 0 bridgehead atoms. The molecule has 0 saturated heterocycles. The summed E-state index contributed by atoms with van der Waals surface area (Å²) in [5, 5.41) is 8.92. The van der Waals surface area contributed by atoms with Crippen molar-refractivity contribution in [3.63, 3.8) is 0 Å². The van der Waals surface area contributed by atoms with Crippen LogP contribution in [0.5, 0.6) is 0 Å². The van der Waals surface area contributed by atoms with Crippen LogP contribution in [0.2, 0.25) is 0 Å². The molecule has 284 valence electrons. The van der Waals surface area contributed by atoms with Crippen LogP contribution in [0.1, 0.15) is 16.7 Å². The van der Waals surface area contributed by atoms with Crippen LogP contribution in [-0.4, -0.2) is 38.6 Å². The van der Waals surface area contributed by atoms with Crippen molar-refractivity contribution in [2.24, 2.45) is 0 Å². The second-order valence-electron chi connectivity index (χ2n) is 10.7. The van der Waals surface area contributed by atoms with Crippen LogP contribution >= 0.6 is 22.7 Å². The second-order valence-corrected chi connectivity index (χ2v) is 15.9. The van der Waals surface area contributed by atoms with E-state index in [4.69, 9.17) is 4.42 Å². The van der Waals surface area contributed by atoms with Crippen molar-refractivity contribution in [3.8, 4) is 0 Å². The summed E-state index contributed by atoms with van der Waals surface area (Å²) >= 11 is 2.31. The first kappa shape index (κ1) is 40.1. The minimum Gasteiger partial charge on any atom is -0.472 e. The molecule has 0 unspecified atom stereocenters. The fraction of sp³-hybridized carbons (Fsp3) is 0.0286. The summed E-state index contributed by atoms with van der Waals surface area (Å²) in [6.45, 7) is 0. The van der Waals surface area contributed by atoms with Gasteiger partial charge in [0.25, 0.3) is 20.0 Å². The van der Waals surface area contributed by atoms with Gasteiger partial charge in [0.15, 0.2) is 10.3 Å². The van der Waals surface area contributed by atoms with Crippen molar-refractivity contribution < 1.29 is 44.0 Å². The standard InChI is InChI=1S/C19H14F3N3O3S2.C16H13N3O4S2/c20-19(21,22)16-4-2-1-3-13(16)5-10-17(26)24-14-6-8-15(9-7-14)30(27,28)25-18-23-11-12-29-18;20-15(6-1-12-7-9-23-11-12)18-13-2-4-14(5-3-13)25(21,22)19-16-17-8-10-24-16/h1-12H,(H,23,25)(H,24,26);1-11H,(H,17,19)(H,18,20)/b10-5+;6-1+. The first-order chi connectivity index (χ1) is 26.2. The molecule has 0 fully saturated rings. The molecule has 6 rings (SSSR count). The van der Waals surface area contributed by atoms with Gasteiger partial charge in [0.2, 0.25) is 11.8 Å². The van der Waals surface area contributed by atoms with Gasteiger partial charge in [-0.1, -0.05) is 18.2 Å². The number of rotatable bonds is 12. The highest BCUT2D eigenvalue weighted by Gasteiger charge is 2.32. The number of anilines is 4. The first-order valence-electron chi connectivity index (χ1n) is 15.4. The molecule has 0 saturated carbocycles. The smallest absolute Gasteiger partial charge is 0.416 e. The van der Waals surface area contributed by atoms with Gasteiger partial charge in [-0.2, -0.15) is 13.2 Å². The Balaban J connectivity index is 0.000000214. The van der Waals surface area contributed by atoms with Crippen molar-refractivity contribution in [1.82, 2.24) is 9.97 Å². The number of amides is 2. The average Bonchev–Trinajstić information content (AvgIpc) is 3.96. The zero-order valence-corrected chi connectivity index (χ0v) is 31.1. The van der Waals surface area contributed by atoms with Gasteiger partial charge in [-0.25, -0.2) is 26.8 Å². The highest BCUT2D eigenvalue weighted by Crippen LogP contribution is 2.32. The molecule has 0 aliphatic rings. The monoisotopic (exact) mass is 828 g/mol. The average molecular weight is 829 g/mol. The largest absolute Gasteiger partial charge is 0.472 e. The summed E-state index contributed by atoms with van der Waals surface area (Å²) < 4.78 is 97.5. The molecule has 3 aromatic heterocycles. The highest BCUT2D eigenvalue weighted by molar-refractivity contribution is 7.93. The molecule has 3 aromatic carbocycles. The maximum Gasteiger partial charge on any atom is 0.416 e. The fourth-order valence-corrected chi connectivity index (χ4v) is 7.88. The molecule has 55 heavy (non-hydrogen) atoms. The van der Waals surface area contributed by atoms with Crippen molar-refractivity contribution in [2.45, 2.75) is 16.0 Å². The number of halogens is 3. The predicted octanol–water partition coefficient (Wildman–Crippen LogP) is 7.80. The van der Waals surface area contributed by atoms with E-state index in [1.807, 2.05) is 0 Å². The van der Waals surface area contributed by atoms with Gasteiger partial charge in [-0.15, -0.1) is 22.7 Å². The number of benzene rings is 3. The van der Waals surface area contributed by atoms with E-state index in [-0.39, 0.29) is 32.1 Å². The zero-order valence-electron chi connectivity index (χ0n) is 27.8. The number of carbonyl (C=O) groups excluding carboxylic acids is 2. The van der Waals surface area contributed by atoms with Crippen molar-refractivity contribution >= 4 is 88.3 Å². The third-order valence-electron chi connectivity index (χ3n) is 6.82. The van der Waals surface area contributed by atoms with E-state index in [1.54, 1.807) is 22.9 Å². The van der Waals surface area contributed by atoms with Gasteiger partial charge in [-0.05, 0) is 78.4 Å². The van der Waals surface area contributed by atoms with Crippen LogP contribution in [0, 0.1) is 0 Å². The maximum atomic E-state index is 13.0. The van der Waals surface area contributed by atoms with Gasteiger partial charge >= 0.3 is 6.18 Å². The molecule has 13 nitrogen and oxygen atoms in total. The van der Waals surface area contributed by atoms with Crippen LogP contribution in [0.25, 0.3) is 12.2 Å². The molecular weight excluding hydrogens is 802 g/mol. The van der Waals surface area contributed by atoms with E-state index in [0.29, 0.717) is 10.8 Å². The van der Waals surface area contributed by atoms with Gasteiger partial charge in [0.1, 0.15) is 0 Å². The lowest BCUT2D eigenvalue weighted by Gasteiger charge is -2.09. The highest BCUT2D eigenvalue weighted by atomic mass is 32.2. The van der Waals surface area contributed by atoms with E-state index < -0.39 is 37.7 Å². The number of sulfonamides is 2. The molecule has 6 aromatic rings. The van der Waals surface area contributed by atoms with Crippen LogP contribution in [0.3, 0.4) is 0 Å². The Morgan fingerprint density at radius 3 is 1.60 bits per heavy atom. The second kappa shape index (κ2) is 17.8. The number of carbonyl (C=O) groups is 2. The summed E-state index contributed by atoms with van der Waals surface area (Å²) in [6.07, 6.45) is 6.46. The Bertz CT molecular complexity index is 2470. The lowest BCUT2D eigenvalue weighted by Crippen LogP contribution is -2.13. The topological polar surface area (TPSA) is 189 Å². The summed E-state index contributed by atoms with van der Waals surface area (Å²) in [5.41, 5.74) is 0.535. The quantitative estimate of drug-likeness (QED) is 0.0892. The van der Waals surface area contributed by atoms with Gasteiger partial charge in [0.05, 0.1) is 27.9 Å². The number of hydrogen-bond acceptors (Lipinski definition) is 11. The molecule has 0 atom stereocenters. The van der Waals surface area contributed by atoms with Crippen LogP contribution in [-0.2, 0) is 35.8 Å². The maximum absolute atomic E-state index is 13.0. The molecule has 3 heterocycles. The van der Waals surface area contributed by atoms with E-state index in [0.717, 1.165) is 35.1 Å². The van der Waals surface area contributed by atoms with E-state index in [1.165, 1.54) is 109 Å². The Morgan fingerprint density at radius 2 is 1.16 bits per heavy atom. The zero-order chi connectivity index (χ0) is 39.5. The molecule has 0 spiro atoms. The Hall–Kier alpha value is -6.09. The normalized spacial score (nSPS) is 11.8. The van der Waals surface area contributed by atoms with Gasteiger partial charge in [-0.3, -0.25) is 19.0 Å². The molecule has 2 amide bonds. The molecule has 0 aliphatic carbocycles. The molecular formula is C35H27F3N6O7S4. The number of thiazole rings is 2. The lowest BCUT2D eigenvalue weighted by atomic mass is 10.1. The number of nitrogens with one attached hydrogen (secondary N) is 4. The molecule has 4 N–H and O–H groups in total. The first-order valence-corrected chi connectivity index (χ1v) is 20.1. The minimum absolute atomic E-state index is 0.0367. The lowest BCUT2D eigenvalue weighted by molar-refractivity contribution is -0.137. The van der Waals surface area contributed by atoms with Crippen molar-refractivity contribution in [3.05, 3.63) is 143 Å². The molecule has 0 aliphatic heterocycles. The van der Waals surface area contributed by atoms with Crippen LogP contribution in [0.15, 0.2) is 141 Å². The Morgan fingerprint density at radius 1 is 0.673 bits per heavy atom. The van der Waals surface area contributed by atoms with Crippen molar-refractivity contribution in [1.29, 1.82) is 0 Å². The van der Waals surface area contributed by atoms with Crippen molar-refractivity contribution in [2.75, 3.05) is 20.1 Å². The number of alkyl halides is 3. The van der Waals surface area contributed by atoms with E-state index in [2.05, 4.69) is 30.0 Å². The number of aromatic nitrogens is 2. The van der Waals surface area contributed by atoms with Crippen LogP contribution in [0.4, 0.5) is 34.8 Å². The summed E-state index contributed by atoms with van der Waals surface area (Å²) in [5.74, 6) is -0.999.